The molecule has 0 aliphatic carbocycles. The van der Waals surface area contributed by atoms with Crippen LogP contribution in [0.25, 0.3) is 0 Å². The Labute approximate surface area is 169 Å². The first-order valence-electron chi connectivity index (χ1n) is 8.96. The van der Waals surface area contributed by atoms with Gasteiger partial charge in [-0.2, -0.15) is 0 Å². The Morgan fingerprint density at radius 3 is 2.48 bits per heavy atom. The first-order valence-corrected chi connectivity index (χ1v) is 10.4. The summed E-state index contributed by atoms with van der Waals surface area (Å²) in [5.74, 6) is -1.05. The highest BCUT2D eigenvalue weighted by molar-refractivity contribution is 7.92. The maximum atomic E-state index is 12.7. The second-order valence-electron chi connectivity index (χ2n) is 6.34. The van der Waals surface area contributed by atoms with E-state index in [0.717, 1.165) is 6.42 Å². The van der Waals surface area contributed by atoms with Crippen LogP contribution in [0.4, 0.5) is 16.2 Å². The van der Waals surface area contributed by atoms with Crippen LogP contribution in [0.15, 0.2) is 53.4 Å². The van der Waals surface area contributed by atoms with Crippen molar-refractivity contribution in [2.45, 2.75) is 30.7 Å². The molecule has 0 unspecified atom stereocenters. The van der Waals surface area contributed by atoms with Crippen LogP contribution in [-0.4, -0.2) is 32.1 Å². The largest absolute Gasteiger partial charge is 0.481 e. The van der Waals surface area contributed by atoms with Crippen LogP contribution in [0.1, 0.15) is 31.4 Å². The van der Waals surface area contributed by atoms with Gasteiger partial charge in [0.1, 0.15) is 0 Å². The lowest BCUT2D eigenvalue weighted by molar-refractivity contribution is -0.137. The number of hydrogen-bond acceptors (Lipinski definition) is 5. The standard InChI is InChI=1S/C19H24N4O5S/c1-2-9-21-19(26)22-14-6-4-8-16(11-14)29(27,28)23-15-7-3-5-13(10-15)17(20)12-18(24)25/h3-8,10-11,17,23H,2,9,12,20H2,1H3,(H,24,25)(H2,21,22,26)/t17-/m1/s1. The number of carboxylic acid groups (broad SMARTS) is 1. The van der Waals surface area contributed by atoms with E-state index in [1.165, 1.54) is 30.3 Å². The Morgan fingerprint density at radius 2 is 1.79 bits per heavy atom. The van der Waals surface area contributed by atoms with Crippen molar-refractivity contribution in [1.82, 2.24) is 5.32 Å². The molecule has 9 nitrogen and oxygen atoms in total. The highest BCUT2D eigenvalue weighted by atomic mass is 32.2. The minimum atomic E-state index is -3.93. The number of aliphatic carboxylic acids is 1. The summed E-state index contributed by atoms with van der Waals surface area (Å²) >= 11 is 0. The molecule has 0 spiro atoms. The molecule has 0 bridgehead atoms. The van der Waals surface area contributed by atoms with E-state index in [2.05, 4.69) is 15.4 Å². The van der Waals surface area contributed by atoms with E-state index in [0.29, 0.717) is 17.8 Å². The second kappa shape index (κ2) is 9.89. The van der Waals surface area contributed by atoms with Crippen molar-refractivity contribution in [2.24, 2.45) is 5.73 Å². The Kier molecular flexibility index (Phi) is 7.57. The van der Waals surface area contributed by atoms with Crippen molar-refractivity contribution in [3.8, 4) is 0 Å². The molecule has 0 aromatic heterocycles. The molecule has 29 heavy (non-hydrogen) atoms. The van der Waals surface area contributed by atoms with Gasteiger partial charge < -0.3 is 21.5 Å². The van der Waals surface area contributed by atoms with Gasteiger partial charge in [0.15, 0.2) is 0 Å². The number of benzene rings is 2. The molecule has 10 heteroatoms. The van der Waals surface area contributed by atoms with Gasteiger partial charge in [-0.15, -0.1) is 0 Å². The number of carbonyl (C=O) groups excluding carboxylic acids is 1. The zero-order valence-corrected chi connectivity index (χ0v) is 16.7. The maximum absolute atomic E-state index is 12.7. The Morgan fingerprint density at radius 1 is 1.10 bits per heavy atom. The number of sulfonamides is 1. The molecule has 0 heterocycles. The van der Waals surface area contributed by atoms with Crippen molar-refractivity contribution in [3.63, 3.8) is 0 Å². The summed E-state index contributed by atoms with van der Waals surface area (Å²) in [7, 11) is -3.93. The molecule has 0 saturated carbocycles. The summed E-state index contributed by atoms with van der Waals surface area (Å²) in [5.41, 5.74) is 6.92. The molecule has 2 aromatic carbocycles. The predicted molar refractivity (Wildman–Crippen MR) is 110 cm³/mol. The van der Waals surface area contributed by atoms with Crippen molar-refractivity contribution in [2.75, 3.05) is 16.6 Å². The van der Waals surface area contributed by atoms with Crippen LogP contribution in [0, 0.1) is 0 Å². The zero-order chi connectivity index (χ0) is 21.4. The molecule has 156 valence electrons. The third kappa shape index (κ3) is 6.77. The van der Waals surface area contributed by atoms with Gasteiger partial charge in [-0.3, -0.25) is 9.52 Å². The fourth-order valence-electron chi connectivity index (χ4n) is 2.51. The van der Waals surface area contributed by atoms with E-state index in [9.17, 15) is 18.0 Å². The Hall–Kier alpha value is -3.11. The summed E-state index contributed by atoms with van der Waals surface area (Å²) in [6.07, 6.45) is 0.505. The number of nitrogens with one attached hydrogen (secondary N) is 3. The normalized spacial score (nSPS) is 12.1. The van der Waals surface area contributed by atoms with Gasteiger partial charge in [0.2, 0.25) is 0 Å². The van der Waals surface area contributed by atoms with Crippen LogP contribution in [0.2, 0.25) is 0 Å². The molecule has 2 rings (SSSR count). The van der Waals surface area contributed by atoms with Gasteiger partial charge in [-0.05, 0) is 42.3 Å². The van der Waals surface area contributed by atoms with Crippen LogP contribution >= 0.6 is 0 Å². The molecule has 0 fully saturated rings. The van der Waals surface area contributed by atoms with Crippen molar-refractivity contribution >= 4 is 33.4 Å². The Balaban J connectivity index is 2.16. The van der Waals surface area contributed by atoms with Gasteiger partial charge in [0, 0.05) is 24.0 Å². The molecule has 0 radical (unpaired) electrons. The number of anilines is 2. The lowest BCUT2D eigenvalue weighted by Gasteiger charge is -2.13. The van der Waals surface area contributed by atoms with Gasteiger partial charge in [0.05, 0.1) is 11.3 Å². The van der Waals surface area contributed by atoms with E-state index >= 15 is 0 Å². The maximum Gasteiger partial charge on any atom is 0.319 e. The lowest BCUT2D eigenvalue weighted by atomic mass is 10.0. The van der Waals surface area contributed by atoms with Gasteiger partial charge in [-0.25, -0.2) is 13.2 Å². The quantitative estimate of drug-likeness (QED) is 0.420. The van der Waals surface area contributed by atoms with Crippen molar-refractivity contribution in [3.05, 3.63) is 54.1 Å². The highest BCUT2D eigenvalue weighted by Gasteiger charge is 2.17. The van der Waals surface area contributed by atoms with Crippen molar-refractivity contribution in [1.29, 1.82) is 0 Å². The third-order valence-corrected chi connectivity index (χ3v) is 5.28. The van der Waals surface area contributed by atoms with E-state index in [1.807, 2.05) is 6.92 Å². The van der Waals surface area contributed by atoms with Crippen LogP contribution in [0.5, 0.6) is 0 Å². The average Bonchev–Trinajstić information content (AvgIpc) is 2.66. The molecule has 6 N–H and O–H groups in total. The number of carbonyl (C=O) groups is 2. The highest BCUT2D eigenvalue weighted by Crippen LogP contribution is 2.22. The fraction of sp³-hybridized carbons (Fsp3) is 0.263. The number of carboxylic acids is 1. The summed E-state index contributed by atoms with van der Waals surface area (Å²) < 4.78 is 27.9. The SMILES string of the molecule is CCCNC(=O)Nc1cccc(S(=O)(=O)Nc2cccc([C@H](N)CC(=O)O)c2)c1. The first kappa shape index (κ1) is 22.2. The molecule has 2 amide bonds. The summed E-state index contributed by atoms with van der Waals surface area (Å²) in [6.45, 7) is 2.43. The van der Waals surface area contributed by atoms with E-state index in [1.54, 1.807) is 18.2 Å². The molecule has 0 aliphatic heterocycles. The van der Waals surface area contributed by atoms with Gasteiger partial charge >= 0.3 is 12.0 Å². The smallest absolute Gasteiger partial charge is 0.319 e. The summed E-state index contributed by atoms with van der Waals surface area (Å²) in [4.78, 5) is 22.5. The number of nitrogens with two attached hydrogens (primary N) is 1. The monoisotopic (exact) mass is 420 g/mol. The molecule has 2 aromatic rings. The number of amides is 2. The van der Waals surface area contributed by atoms with Crippen molar-refractivity contribution < 1.29 is 23.1 Å². The number of urea groups is 1. The molecule has 0 aliphatic rings. The third-order valence-electron chi connectivity index (χ3n) is 3.90. The molecular weight excluding hydrogens is 396 g/mol. The van der Waals surface area contributed by atoms with Crippen LogP contribution in [-0.2, 0) is 14.8 Å². The predicted octanol–water partition coefficient (Wildman–Crippen LogP) is 2.49. The number of hydrogen-bond donors (Lipinski definition) is 5. The van der Waals surface area contributed by atoms with E-state index < -0.39 is 28.1 Å². The van der Waals surface area contributed by atoms with Gasteiger partial charge in [0.25, 0.3) is 10.0 Å². The molecule has 0 saturated heterocycles. The van der Waals surface area contributed by atoms with Gasteiger partial charge in [-0.1, -0.05) is 25.1 Å². The summed E-state index contributed by atoms with van der Waals surface area (Å²) in [5, 5.41) is 14.1. The zero-order valence-electron chi connectivity index (χ0n) is 15.9. The Bertz CT molecular complexity index is 978. The minimum Gasteiger partial charge on any atom is -0.481 e. The van der Waals surface area contributed by atoms with Crippen LogP contribution < -0.4 is 21.1 Å². The van der Waals surface area contributed by atoms with Crippen LogP contribution in [0.3, 0.4) is 0 Å². The topological polar surface area (TPSA) is 151 Å². The molecule has 1 atom stereocenters. The second-order valence-corrected chi connectivity index (χ2v) is 8.03. The number of rotatable bonds is 9. The van der Waals surface area contributed by atoms with E-state index in [4.69, 9.17) is 10.8 Å². The average molecular weight is 420 g/mol. The fourth-order valence-corrected chi connectivity index (χ4v) is 3.60. The first-order chi connectivity index (χ1) is 13.7. The lowest BCUT2D eigenvalue weighted by Crippen LogP contribution is -2.29. The molecular formula is C19H24N4O5S. The summed E-state index contributed by atoms with van der Waals surface area (Å²) in [6, 6.07) is 10.9. The van der Waals surface area contributed by atoms with E-state index in [-0.39, 0.29) is 17.0 Å². The minimum absolute atomic E-state index is 0.0361.